The van der Waals surface area contributed by atoms with Crippen molar-refractivity contribution >= 4 is 5.96 Å². The summed E-state index contributed by atoms with van der Waals surface area (Å²) in [6.45, 7) is 4.51. The predicted octanol–water partition coefficient (Wildman–Crippen LogP) is 2.65. The van der Waals surface area contributed by atoms with Gasteiger partial charge in [0, 0.05) is 13.1 Å². The molecule has 4 nitrogen and oxygen atoms in total. The topological polar surface area (TPSA) is 53.6 Å². The Morgan fingerprint density at radius 1 is 1.11 bits per heavy atom. The van der Waals surface area contributed by atoms with Crippen LogP contribution in [0.4, 0.5) is 0 Å². The summed E-state index contributed by atoms with van der Waals surface area (Å²) in [5.41, 5.74) is 2.86. The molecule has 0 spiro atoms. The Morgan fingerprint density at radius 2 is 1.89 bits per heavy atom. The second-order valence-electron chi connectivity index (χ2n) is 6.08. The van der Waals surface area contributed by atoms with Gasteiger partial charge in [0.2, 0.25) is 5.96 Å². The molecule has 0 radical (unpaired) electrons. The second-order valence-corrected chi connectivity index (χ2v) is 6.08. The molecule has 19 heavy (non-hydrogen) atoms. The van der Waals surface area contributed by atoms with Crippen LogP contribution in [-0.2, 0) is 0 Å². The molecular weight excluding hydrogens is 236 g/mol. The molecule has 0 aromatic rings. The zero-order valence-electron chi connectivity index (χ0n) is 12.4. The Labute approximate surface area is 117 Å². The number of nitrogens with two attached hydrogens (primary N) is 1. The third-order valence-electron chi connectivity index (χ3n) is 4.73. The van der Waals surface area contributed by atoms with E-state index in [0.717, 1.165) is 25.0 Å². The van der Waals surface area contributed by atoms with E-state index >= 15 is 0 Å². The van der Waals surface area contributed by atoms with Crippen molar-refractivity contribution in [3.05, 3.63) is 0 Å². The Bertz CT molecular complexity index is 284. The highest BCUT2D eigenvalue weighted by atomic mass is 15.4. The highest BCUT2D eigenvalue weighted by Gasteiger charge is 2.20. The quantitative estimate of drug-likeness (QED) is 0.350. The third-order valence-corrected chi connectivity index (χ3v) is 4.73. The Hall–Kier alpha value is -0.770. The van der Waals surface area contributed by atoms with E-state index in [1.165, 1.54) is 57.8 Å². The largest absolute Gasteiger partial charge is 0.342 e. The molecule has 3 N–H and O–H groups in total. The van der Waals surface area contributed by atoms with E-state index in [0.29, 0.717) is 6.04 Å². The van der Waals surface area contributed by atoms with Gasteiger partial charge in [0.05, 0.1) is 6.04 Å². The van der Waals surface area contributed by atoms with Crippen LogP contribution in [0.25, 0.3) is 0 Å². The lowest BCUT2D eigenvalue weighted by atomic mass is 9.96. The molecule has 1 saturated carbocycles. The normalized spacial score (nSPS) is 27.2. The van der Waals surface area contributed by atoms with Crippen molar-refractivity contribution in [2.24, 2.45) is 16.8 Å². The van der Waals surface area contributed by atoms with Crippen molar-refractivity contribution < 1.29 is 0 Å². The van der Waals surface area contributed by atoms with Crippen LogP contribution in [0.3, 0.4) is 0 Å². The van der Waals surface area contributed by atoms with E-state index < -0.39 is 0 Å². The minimum absolute atomic E-state index is 0.491. The average molecular weight is 266 g/mol. The first-order valence-corrected chi connectivity index (χ1v) is 8.12. The molecule has 2 aliphatic rings. The SMILES string of the molecule is CCC1CCCN(C(=NC2CCCCC2)NN)CC1. The molecule has 2 rings (SSSR count). The van der Waals surface area contributed by atoms with Gasteiger partial charge in [-0.15, -0.1) is 0 Å². The van der Waals surface area contributed by atoms with Gasteiger partial charge in [-0.1, -0.05) is 32.6 Å². The van der Waals surface area contributed by atoms with E-state index in [-0.39, 0.29) is 0 Å². The van der Waals surface area contributed by atoms with Crippen LogP contribution in [0.1, 0.15) is 64.7 Å². The fraction of sp³-hybridized carbons (Fsp3) is 0.933. The summed E-state index contributed by atoms with van der Waals surface area (Å²) in [5.74, 6) is 7.54. The van der Waals surface area contributed by atoms with Gasteiger partial charge in [0.1, 0.15) is 0 Å². The van der Waals surface area contributed by atoms with E-state index in [2.05, 4.69) is 17.2 Å². The van der Waals surface area contributed by atoms with Crippen molar-refractivity contribution in [1.29, 1.82) is 0 Å². The van der Waals surface area contributed by atoms with Gasteiger partial charge in [-0.2, -0.15) is 0 Å². The Morgan fingerprint density at radius 3 is 2.58 bits per heavy atom. The summed E-state index contributed by atoms with van der Waals surface area (Å²) in [5, 5.41) is 0. The van der Waals surface area contributed by atoms with Gasteiger partial charge in [-0.25, -0.2) is 10.8 Å². The Kier molecular flexibility index (Phi) is 5.95. The number of aliphatic imine (C=N–C) groups is 1. The molecule has 1 atom stereocenters. The molecule has 1 unspecified atom stereocenters. The predicted molar refractivity (Wildman–Crippen MR) is 80.8 cm³/mol. The molecule has 1 aliphatic carbocycles. The van der Waals surface area contributed by atoms with Gasteiger partial charge in [0.25, 0.3) is 0 Å². The summed E-state index contributed by atoms with van der Waals surface area (Å²) >= 11 is 0. The van der Waals surface area contributed by atoms with Crippen LogP contribution in [0.5, 0.6) is 0 Å². The molecule has 2 fully saturated rings. The lowest BCUT2D eigenvalue weighted by Crippen LogP contribution is -2.46. The summed E-state index contributed by atoms with van der Waals surface area (Å²) in [6.07, 6.45) is 11.7. The minimum Gasteiger partial charge on any atom is -0.342 e. The molecule has 1 heterocycles. The summed E-state index contributed by atoms with van der Waals surface area (Å²) in [4.78, 5) is 7.24. The number of hydrogen-bond donors (Lipinski definition) is 2. The van der Waals surface area contributed by atoms with Crippen molar-refractivity contribution in [1.82, 2.24) is 10.3 Å². The first kappa shape index (κ1) is 14.6. The number of nitrogens with zero attached hydrogens (tertiary/aromatic N) is 2. The van der Waals surface area contributed by atoms with Crippen molar-refractivity contribution in [2.75, 3.05) is 13.1 Å². The van der Waals surface area contributed by atoms with E-state index in [4.69, 9.17) is 10.8 Å². The fourth-order valence-electron chi connectivity index (χ4n) is 3.38. The lowest BCUT2D eigenvalue weighted by Gasteiger charge is -2.26. The minimum atomic E-state index is 0.491. The summed E-state index contributed by atoms with van der Waals surface area (Å²) in [6, 6.07) is 0.491. The number of likely N-dealkylation sites (tertiary alicyclic amines) is 1. The van der Waals surface area contributed by atoms with Crippen molar-refractivity contribution in [3.8, 4) is 0 Å². The molecule has 1 aliphatic heterocycles. The number of guanidine groups is 1. The third kappa shape index (κ3) is 4.37. The zero-order chi connectivity index (χ0) is 13.5. The van der Waals surface area contributed by atoms with Gasteiger partial charge in [-0.3, -0.25) is 5.43 Å². The maximum atomic E-state index is 5.72. The highest BCUT2D eigenvalue weighted by molar-refractivity contribution is 5.79. The lowest BCUT2D eigenvalue weighted by molar-refractivity contribution is 0.387. The average Bonchev–Trinajstić information content (AvgIpc) is 2.71. The van der Waals surface area contributed by atoms with Gasteiger partial charge >= 0.3 is 0 Å². The molecule has 0 aromatic heterocycles. The number of hydrogen-bond acceptors (Lipinski definition) is 2. The van der Waals surface area contributed by atoms with Crippen LogP contribution >= 0.6 is 0 Å². The molecular formula is C15H30N4. The number of hydrazine groups is 1. The van der Waals surface area contributed by atoms with Gasteiger partial charge < -0.3 is 4.90 Å². The first-order valence-electron chi connectivity index (χ1n) is 8.12. The first-order chi connectivity index (χ1) is 9.33. The fourth-order valence-corrected chi connectivity index (χ4v) is 3.38. The maximum Gasteiger partial charge on any atom is 0.208 e. The highest BCUT2D eigenvalue weighted by Crippen LogP contribution is 2.22. The Balaban J connectivity index is 1.93. The summed E-state index contributed by atoms with van der Waals surface area (Å²) < 4.78 is 0. The molecule has 0 amide bonds. The van der Waals surface area contributed by atoms with Crippen LogP contribution < -0.4 is 11.3 Å². The van der Waals surface area contributed by atoms with E-state index in [1.54, 1.807) is 0 Å². The van der Waals surface area contributed by atoms with Crippen molar-refractivity contribution in [3.63, 3.8) is 0 Å². The number of nitrogens with one attached hydrogen (secondary N) is 1. The molecule has 4 heteroatoms. The second kappa shape index (κ2) is 7.73. The van der Waals surface area contributed by atoms with Crippen molar-refractivity contribution in [2.45, 2.75) is 70.8 Å². The van der Waals surface area contributed by atoms with Crippen LogP contribution in [0.15, 0.2) is 4.99 Å². The zero-order valence-corrected chi connectivity index (χ0v) is 12.4. The van der Waals surface area contributed by atoms with Gasteiger partial charge in [0.15, 0.2) is 0 Å². The van der Waals surface area contributed by atoms with Crippen LogP contribution in [0.2, 0.25) is 0 Å². The maximum absolute atomic E-state index is 5.72. The van der Waals surface area contributed by atoms with Crippen LogP contribution in [0, 0.1) is 5.92 Å². The van der Waals surface area contributed by atoms with Crippen LogP contribution in [-0.4, -0.2) is 30.0 Å². The van der Waals surface area contributed by atoms with Gasteiger partial charge in [-0.05, 0) is 38.0 Å². The smallest absolute Gasteiger partial charge is 0.208 e. The van der Waals surface area contributed by atoms with E-state index in [1.807, 2.05) is 0 Å². The van der Waals surface area contributed by atoms with E-state index in [9.17, 15) is 0 Å². The molecule has 0 bridgehead atoms. The monoisotopic (exact) mass is 266 g/mol. The molecule has 110 valence electrons. The molecule has 1 saturated heterocycles. The standard InChI is InChI=1S/C15H30N4/c1-2-13-7-6-11-19(12-10-13)15(18-16)17-14-8-4-3-5-9-14/h13-14H,2-12,16H2,1H3,(H,17,18). The molecule has 0 aromatic carbocycles. The summed E-state index contributed by atoms with van der Waals surface area (Å²) in [7, 11) is 0. The number of rotatable bonds is 2.